The van der Waals surface area contributed by atoms with Gasteiger partial charge in [0.25, 0.3) is 10.1 Å². The summed E-state index contributed by atoms with van der Waals surface area (Å²) in [4.78, 5) is 12.1. The van der Waals surface area contributed by atoms with Gasteiger partial charge in [-0.3, -0.25) is 8.98 Å². The van der Waals surface area contributed by atoms with E-state index in [4.69, 9.17) is 8.92 Å². The highest BCUT2D eigenvalue weighted by Crippen LogP contribution is 2.55. The molecule has 19 heavy (non-hydrogen) atoms. The molecule has 0 radical (unpaired) electrons. The van der Waals surface area contributed by atoms with Gasteiger partial charge in [-0.05, 0) is 33.1 Å². The molecular formula is C13H20O5S. The van der Waals surface area contributed by atoms with Crippen LogP contribution in [0, 0.1) is 17.3 Å². The second-order valence-corrected chi connectivity index (χ2v) is 8.38. The first-order valence-electron chi connectivity index (χ1n) is 6.89. The number of hydrogen-bond acceptors (Lipinski definition) is 5. The maximum atomic E-state index is 12.1. The molecule has 6 heteroatoms. The largest absolute Gasteiger partial charge is 0.459 e. The van der Waals surface area contributed by atoms with Crippen LogP contribution in [0.4, 0.5) is 0 Å². The summed E-state index contributed by atoms with van der Waals surface area (Å²) in [6.45, 7) is 5.63. The van der Waals surface area contributed by atoms with E-state index < -0.39 is 21.6 Å². The summed E-state index contributed by atoms with van der Waals surface area (Å²) >= 11 is 0. The van der Waals surface area contributed by atoms with Crippen LogP contribution in [0.5, 0.6) is 0 Å². The van der Waals surface area contributed by atoms with Crippen molar-refractivity contribution < 1.29 is 22.1 Å². The monoisotopic (exact) mass is 288 g/mol. The fourth-order valence-electron chi connectivity index (χ4n) is 3.47. The van der Waals surface area contributed by atoms with Gasteiger partial charge in [-0.2, -0.15) is 8.42 Å². The van der Waals surface area contributed by atoms with Crippen molar-refractivity contribution in [3.63, 3.8) is 0 Å². The van der Waals surface area contributed by atoms with Gasteiger partial charge in [0.15, 0.2) is 0 Å². The topological polar surface area (TPSA) is 69.7 Å². The van der Waals surface area contributed by atoms with Gasteiger partial charge in [-0.25, -0.2) is 0 Å². The third kappa shape index (κ3) is 1.83. The lowest BCUT2D eigenvalue weighted by atomic mass is 9.89. The van der Waals surface area contributed by atoms with Crippen LogP contribution >= 0.6 is 0 Å². The van der Waals surface area contributed by atoms with Gasteiger partial charge in [0.05, 0.1) is 10.7 Å². The molecular weight excluding hydrogens is 268 g/mol. The molecule has 3 rings (SSSR count). The van der Waals surface area contributed by atoms with Gasteiger partial charge in [0.2, 0.25) is 0 Å². The molecule has 3 fully saturated rings. The summed E-state index contributed by atoms with van der Waals surface area (Å²) in [5.74, 6) is -0.0802. The second kappa shape index (κ2) is 3.95. The van der Waals surface area contributed by atoms with Crippen molar-refractivity contribution in [2.45, 2.75) is 57.5 Å². The van der Waals surface area contributed by atoms with Gasteiger partial charge in [0.1, 0.15) is 12.2 Å². The van der Waals surface area contributed by atoms with Crippen LogP contribution in [0.15, 0.2) is 0 Å². The van der Waals surface area contributed by atoms with E-state index in [1.54, 1.807) is 0 Å². The molecule has 1 heterocycles. The lowest BCUT2D eigenvalue weighted by Crippen LogP contribution is -2.40. The van der Waals surface area contributed by atoms with Crippen LogP contribution in [0.3, 0.4) is 0 Å². The zero-order chi connectivity index (χ0) is 14.0. The van der Waals surface area contributed by atoms with Crippen LogP contribution in [-0.4, -0.2) is 31.8 Å². The lowest BCUT2D eigenvalue weighted by molar-refractivity contribution is -0.166. The summed E-state index contributed by atoms with van der Waals surface area (Å²) in [5.41, 5.74) is -0.529. The Bertz CT molecular complexity index is 509. The van der Waals surface area contributed by atoms with E-state index in [0.29, 0.717) is 12.8 Å². The molecule has 0 aromatic heterocycles. The molecule has 2 aliphatic carbocycles. The van der Waals surface area contributed by atoms with E-state index in [2.05, 4.69) is 0 Å². The average molecular weight is 288 g/mol. The van der Waals surface area contributed by atoms with E-state index in [9.17, 15) is 13.2 Å². The minimum absolute atomic E-state index is 0.0255. The van der Waals surface area contributed by atoms with E-state index in [-0.39, 0.29) is 29.2 Å². The predicted molar refractivity (Wildman–Crippen MR) is 67.7 cm³/mol. The van der Waals surface area contributed by atoms with Gasteiger partial charge in [-0.15, -0.1) is 0 Å². The van der Waals surface area contributed by atoms with Crippen molar-refractivity contribution in [2.75, 3.05) is 0 Å². The van der Waals surface area contributed by atoms with Crippen LogP contribution in [-0.2, 0) is 23.8 Å². The standard InChI is InChI=1S/C13H20O5S/c1-4-13(2,3)12(14)17-10-7-5-8-9(6-7)19(15,16)18-11(8)10/h7-11H,4-6H2,1-3H3. The molecule has 0 spiro atoms. The number of hydrogen-bond donors (Lipinski definition) is 0. The number of fused-ring (bicyclic) bond motifs is 1. The maximum Gasteiger partial charge on any atom is 0.311 e. The normalized spacial score (nSPS) is 42.6. The van der Waals surface area contributed by atoms with Gasteiger partial charge < -0.3 is 4.74 Å². The Morgan fingerprint density at radius 3 is 2.68 bits per heavy atom. The second-order valence-electron chi connectivity index (χ2n) is 6.59. The molecule has 2 bridgehead atoms. The van der Waals surface area contributed by atoms with Gasteiger partial charge >= 0.3 is 5.97 Å². The van der Waals surface area contributed by atoms with Crippen molar-refractivity contribution >= 4 is 16.1 Å². The number of carbonyl (C=O) groups excluding carboxylic acids is 1. The first-order chi connectivity index (χ1) is 8.76. The zero-order valence-electron chi connectivity index (χ0n) is 11.5. The molecule has 2 saturated carbocycles. The highest BCUT2D eigenvalue weighted by molar-refractivity contribution is 7.87. The molecule has 5 unspecified atom stereocenters. The predicted octanol–water partition coefficient (Wildman–Crippen LogP) is 1.47. The summed E-state index contributed by atoms with van der Waals surface area (Å²) in [6.07, 6.45) is 1.26. The summed E-state index contributed by atoms with van der Waals surface area (Å²) in [7, 11) is -3.43. The highest BCUT2D eigenvalue weighted by Gasteiger charge is 2.65. The van der Waals surface area contributed by atoms with Gasteiger partial charge in [0, 0.05) is 11.8 Å². The molecule has 1 aliphatic heterocycles. The molecule has 0 N–H and O–H groups in total. The molecule has 108 valence electrons. The van der Waals surface area contributed by atoms with Crippen molar-refractivity contribution in [2.24, 2.45) is 17.3 Å². The lowest BCUT2D eigenvalue weighted by Gasteiger charge is -2.29. The Kier molecular flexibility index (Phi) is 2.78. The first-order valence-corrected chi connectivity index (χ1v) is 8.36. The third-order valence-corrected chi connectivity index (χ3v) is 6.87. The maximum absolute atomic E-state index is 12.1. The summed E-state index contributed by atoms with van der Waals surface area (Å²) < 4.78 is 34.4. The number of esters is 1. The van der Waals surface area contributed by atoms with Gasteiger partial charge in [-0.1, -0.05) is 6.92 Å². The number of carbonyl (C=O) groups is 1. The van der Waals surface area contributed by atoms with E-state index >= 15 is 0 Å². The SMILES string of the molecule is CCC(C)(C)C(=O)OC1C2CC3C1OS(=O)(=O)C3C2. The Morgan fingerprint density at radius 2 is 2.05 bits per heavy atom. The van der Waals surface area contributed by atoms with Crippen LogP contribution in [0.1, 0.15) is 40.0 Å². The van der Waals surface area contributed by atoms with Crippen LogP contribution in [0.2, 0.25) is 0 Å². The molecule has 5 atom stereocenters. The molecule has 3 aliphatic rings. The quantitative estimate of drug-likeness (QED) is 0.581. The Labute approximate surface area is 113 Å². The molecule has 1 saturated heterocycles. The van der Waals surface area contributed by atoms with Crippen LogP contribution < -0.4 is 0 Å². The molecule has 0 amide bonds. The van der Waals surface area contributed by atoms with E-state index in [1.165, 1.54) is 0 Å². The minimum atomic E-state index is -3.43. The average Bonchev–Trinajstić information content (AvgIpc) is 2.92. The molecule has 5 nitrogen and oxygen atoms in total. The first kappa shape index (κ1) is 13.4. The summed E-state index contributed by atoms with van der Waals surface area (Å²) in [5, 5.41) is -0.364. The van der Waals surface area contributed by atoms with E-state index in [0.717, 1.165) is 6.42 Å². The Morgan fingerprint density at radius 1 is 1.37 bits per heavy atom. The van der Waals surface area contributed by atoms with Crippen molar-refractivity contribution in [3.8, 4) is 0 Å². The minimum Gasteiger partial charge on any atom is -0.459 e. The number of rotatable bonds is 3. The van der Waals surface area contributed by atoms with Crippen molar-refractivity contribution in [3.05, 3.63) is 0 Å². The highest BCUT2D eigenvalue weighted by atomic mass is 32.2. The summed E-state index contributed by atoms with van der Waals surface area (Å²) in [6, 6.07) is 0. The molecule has 0 aromatic rings. The Balaban J connectivity index is 1.77. The Hall–Kier alpha value is -0.620. The van der Waals surface area contributed by atoms with Crippen LogP contribution in [0.25, 0.3) is 0 Å². The smallest absolute Gasteiger partial charge is 0.311 e. The van der Waals surface area contributed by atoms with E-state index in [1.807, 2.05) is 20.8 Å². The fourth-order valence-corrected chi connectivity index (χ4v) is 5.35. The fraction of sp³-hybridized carbons (Fsp3) is 0.923. The van der Waals surface area contributed by atoms with Crippen molar-refractivity contribution in [1.82, 2.24) is 0 Å². The molecule has 0 aromatic carbocycles. The zero-order valence-corrected chi connectivity index (χ0v) is 12.3. The number of ether oxygens (including phenoxy) is 1. The van der Waals surface area contributed by atoms with Crippen molar-refractivity contribution in [1.29, 1.82) is 0 Å². The third-order valence-electron chi connectivity index (χ3n) is 5.09.